The van der Waals surface area contributed by atoms with E-state index in [1.54, 1.807) is 17.6 Å². The maximum absolute atomic E-state index is 5.28. The fourth-order valence-corrected chi connectivity index (χ4v) is 2.21. The third kappa shape index (κ3) is 4.27. The lowest BCUT2D eigenvalue weighted by Gasteiger charge is -1.99. The Morgan fingerprint density at radius 2 is 2.41 bits per heavy atom. The number of halogens is 2. The molecule has 0 spiro atoms. The van der Waals surface area contributed by atoms with Crippen LogP contribution < -0.4 is 5.32 Å². The molecule has 0 amide bonds. The third-order valence-electron chi connectivity index (χ3n) is 1.91. The molecule has 0 saturated carbocycles. The number of hydrogen-bond donors (Lipinski definition) is 1. The van der Waals surface area contributed by atoms with Gasteiger partial charge in [-0.25, -0.2) is 4.98 Å². The van der Waals surface area contributed by atoms with Gasteiger partial charge in [-0.3, -0.25) is 0 Å². The fraction of sp³-hybridized carbons (Fsp3) is 0.182. The van der Waals surface area contributed by atoms with Crippen LogP contribution in [0.15, 0.2) is 39.3 Å². The Balaban J connectivity index is 0.00000144. The van der Waals surface area contributed by atoms with Crippen LogP contribution >= 0.6 is 39.7 Å². The molecule has 2 aromatic heterocycles. The molecule has 0 radical (unpaired) electrons. The normalized spacial score (nSPS) is 9.94. The van der Waals surface area contributed by atoms with Gasteiger partial charge in [-0.05, 0) is 12.1 Å². The second-order valence-electron chi connectivity index (χ2n) is 3.24. The molecule has 0 aliphatic rings. The Morgan fingerprint density at radius 3 is 3.06 bits per heavy atom. The van der Waals surface area contributed by atoms with E-state index in [0.717, 1.165) is 34.0 Å². The molecule has 0 unspecified atom stereocenters. The van der Waals surface area contributed by atoms with E-state index >= 15 is 0 Å². The van der Waals surface area contributed by atoms with Crippen molar-refractivity contribution in [3.63, 3.8) is 0 Å². The van der Waals surface area contributed by atoms with Gasteiger partial charge in [0.05, 0.1) is 12.0 Å². The zero-order valence-corrected chi connectivity index (χ0v) is 12.2. The van der Waals surface area contributed by atoms with Crippen LogP contribution in [-0.4, -0.2) is 11.5 Å². The minimum atomic E-state index is 0. The number of nitrogens with one attached hydrogen (secondary N) is 1. The maximum atomic E-state index is 5.28. The van der Waals surface area contributed by atoms with Crippen LogP contribution in [0.1, 0.15) is 5.69 Å². The van der Waals surface area contributed by atoms with Gasteiger partial charge in [0, 0.05) is 23.0 Å². The van der Waals surface area contributed by atoms with Crippen LogP contribution in [0.4, 0.5) is 0 Å². The Morgan fingerprint density at radius 1 is 1.59 bits per heavy atom. The summed E-state index contributed by atoms with van der Waals surface area (Å²) in [5, 5.41) is 6.17. The summed E-state index contributed by atoms with van der Waals surface area (Å²) in [5.74, 6) is 0.821. The van der Waals surface area contributed by atoms with Crippen molar-refractivity contribution in [2.24, 2.45) is 0 Å². The van der Waals surface area contributed by atoms with Gasteiger partial charge in [0.25, 0.3) is 0 Å². The van der Waals surface area contributed by atoms with Crippen LogP contribution in [0, 0.1) is 0 Å². The van der Waals surface area contributed by atoms with Crippen molar-refractivity contribution in [3.8, 4) is 10.8 Å². The van der Waals surface area contributed by atoms with Crippen molar-refractivity contribution in [3.05, 3.63) is 40.5 Å². The molecular weight excluding hydrogens is 324 g/mol. The van der Waals surface area contributed by atoms with Gasteiger partial charge in [-0.15, -0.1) is 23.7 Å². The Hall–Kier alpha value is -0.620. The summed E-state index contributed by atoms with van der Waals surface area (Å²) in [6.07, 6.45) is 1.66. The molecule has 17 heavy (non-hydrogen) atoms. The number of nitrogens with zero attached hydrogens (tertiary/aromatic N) is 1. The lowest BCUT2D eigenvalue weighted by Crippen LogP contribution is -2.14. The van der Waals surface area contributed by atoms with Gasteiger partial charge in [-0.1, -0.05) is 22.5 Å². The highest BCUT2D eigenvalue weighted by molar-refractivity contribution is 9.11. The first-order valence-electron chi connectivity index (χ1n) is 4.78. The van der Waals surface area contributed by atoms with Crippen molar-refractivity contribution < 1.29 is 4.42 Å². The zero-order valence-electron chi connectivity index (χ0n) is 8.98. The average molecular weight is 336 g/mol. The summed E-state index contributed by atoms with van der Waals surface area (Å²) in [5.41, 5.74) is 1.02. The molecule has 0 aliphatic carbocycles. The van der Waals surface area contributed by atoms with Crippen molar-refractivity contribution in [2.75, 3.05) is 6.54 Å². The molecule has 0 atom stereocenters. The zero-order chi connectivity index (χ0) is 11.4. The Bertz CT molecular complexity index is 470. The number of rotatable bonds is 5. The quantitative estimate of drug-likeness (QED) is 0.902. The second-order valence-corrected chi connectivity index (χ2v) is 5.22. The minimum Gasteiger partial charge on any atom is -0.462 e. The first kappa shape index (κ1) is 14.4. The number of furan rings is 1. The maximum Gasteiger partial charge on any atom is 0.162 e. The smallest absolute Gasteiger partial charge is 0.162 e. The van der Waals surface area contributed by atoms with E-state index in [4.69, 9.17) is 4.42 Å². The monoisotopic (exact) mass is 334 g/mol. The third-order valence-corrected chi connectivity index (χ3v) is 3.09. The second kappa shape index (κ2) is 6.96. The minimum absolute atomic E-state index is 0. The Labute approximate surface area is 118 Å². The number of aromatic nitrogens is 1. The summed E-state index contributed by atoms with van der Waals surface area (Å²) < 4.78 is 6.22. The molecule has 0 saturated heterocycles. The Kier molecular flexibility index (Phi) is 5.91. The van der Waals surface area contributed by atoms with E-state index in [0.29, 0.717) is 0 Å². The van der Waals surface area contributed by atoms with Crippen LogP contribution in [0.2, 0.25) is 0 Å². The highest BCUT2D eigenvalue weighted by atomic mass is 79.9. The molecule has 0 aromatic carbocycles. The van der Waals surface area contributed by atoms with Gasteiger partial charge in [0.1, 0.15) is 0 Å². The van der Waals surface area contributed by atoms with Gasteiger partial charge >= 0.3 is 0 Å². The van der Waals surface area contributed by atoms with Gasteiger partial charge < -0.3 is 9.73 Å². The summed E-state index contributed by atoms with van der Waals surface area (Å²) in [7, 11) is 0. The average Bonchev–Trinajstić information content (AvgIpc) is 2.85. The van der Waals surface area contributed by atoms with Gasteiger partial charge in [-0.2, -0.15) is 0 Å². The van der Waals surface area contributed by atoms with Gasteiger partial charge in [0.15, 0.2) is 10.8 Å². The van der Waals surface area contributed by atoms with E-state index in [-0.39, 0.29) is 12.4 Å². The number of hydrogen-bond acceptors (Lipinski definition) is 4. The van der Waals surface area contributed by atoms with Crippen LogP contribution in [0.25, 0.3) is 10.8 Å². The molecule has 92 valence electrons. The molecule has 2 rings (SSSR count). The SMILES string of the molecule is C=C(Br)CNCc1csc(-c2ccco2)n1.Cl. The van der Waals surface area contributed by atoms with E-state index in [1.807, 2.05) is 17.5 Å². The summed E-state index contributed by atoms with van der Waals surface area (Å²) >= 11 is 4.88. The van der Waals surface area contributed by atoms with E-state index in [2.05, 4.69) is 32.8 Å². The van der Waals surface area contributed by atoms with E-state index in [9.17, 15) is 0 Å². The molecule has 3 nitrogen and oxygen atoms in total. The molecule has 0 bridgehead atoms. The first-order chi connectivity index (χ1) is 7.75. The fourth-order valence-electron chi connectivity index (χ4n) is 1.23. The lowest BCUT2D eigenvalue weighted by molar-refractivity contribution is 0.581. The van der Waals surface area contributed by atoms with Gasteiger partial charge in [0.2, 0.25) is 0 Å². The molecule has 6 heteroatoms. The topological polar surface area (TPSA) is 38.1 Å². The predicted octanol–water partition coefficient (Wildman–Crippen LogP) is 3.82. The molecular formula is C11H12BrClN2OS. The summed E-state index contributed by atoms with van der Waals surface area (Å²) in [6, 6.07) is 3.78. The van der Waals surface area contributed by atoms with Crippen LogP contribution in [0.3, 0.4) is 0 Å². The number of thiazole rings is 1. The lowest BCUT2D eigenvalue weighted by atomic mass is 10.4. The molecule has 2 heterocycles. The standard InChI is InChI=1S/C11H11BrN2OS.ClH/c1-8(12)5-13-6-9-7-16-11(14-9)10-3-2-4-15-10;/h2-4,7,13H,1,5-6H2;1H. The largest absolute Gasteiger partial charge is 0.462 e. The van der Waals surface area contributed by atoms with Crippen molar-refractivity contribution in [1.82, 2.24) is 10.3 Å². The predicted molar refractivity (Wildman–Crippen MR) is 76.8 cm³/mol. The molecule has 0 aliphatic heterocycles. The van der Waals surface area contributed by atoms with E-state index in [1.165, 1.54) is 0 Å². The molecule has 2 aromatic rings. The first-order valence-corrected chi connectivity index (χ1v) is 6.45. The summed E-state index contributed by atoms with van der Waals surface area (Å²) in [6.45, 7) is 5.24. The molecule has 1 N–H and O–H groups in total. The highest BCUT2D eigenvalue weighted by Gasteiger charge is 2.06. The highest BCUT2D eigenvalue weighted by Crippen LogP contribution is 2.23. The van der Waals surface area contributed by atoms with E-state index < -0.39 is 0 Å². The molecule has 0 fully saturated rings. The van der Waals surface area contributed by atoms with Crippen molar-refractivity contribution in [1.29, 1.82) is 0 Å². The van der Waals surface area contributed by atoms with Crippen LogP contribution in [0.5, 0.6) is 0 Å². The van der Waals surface area contributed by atoms with Crippen molar-refractivity contribution >= 4 is 39.7 Å². The van der Waals surface area contributed by atoms with Crippen LogP contribution in [-0.2, 0) is 6.54 Å². The van der Waals surface area contributed by atoms with Crippen molar-refractivity contribution in [2.45, 2.75) is 6.54 Å². The summed E-state index contributed by atoms with van der Waals surface area (Å²) in [4.78, 5) is 4.47.